The minimum atomic E-state index is -0.382. The Hall–Kier alpha value is -1.62. The molecule has 2 rings (SSSR count). The number of thiophene rings is 1. The van der Waals surface area contributed by atoms with E-state index in [0.29, 0.717) is 15.0 Å². The Kier molecular flexibility index (Phi) is 4.04. The number of halogens is 1. The zero-order valence-corrected chi connectivity index (χ0v) is 11.8. The number of rotatable bonds is 4. The molecule has 3 N–H and O–H groups in total. The summed E-state index contributed by atoms with van der Waals surface area (Å²) >= 11 is 1.23. The lowest BCUT2D eigenvalue weighted by Crippen LogP contribution is -2.32. The second kappa shape index (κ2) is 5.57. The van der Waals surface area contributed by atoms with Crippen molar-refractivity contribution >= 4 is 33.0 Å². The standard InChI is InChI=1S/C14H17FN2OS/c1-3-5-8(2)17-14(18)13-12(16)11-9(15)6-4-7-10(11)19-13/h4,6-8H,3,5,16H2,1-2H3,(H,17,18). The molecule has 1 heterocycles. The van der Waals surface area contributed by atoms with Crippen molar-refractivity contribution in [2.75, 3.05) is 5.73 Å². The molecule has 0 spiro atoms. The molecule has 3 nitrogen and oxygen atoms in total. The SMILES string of the molecule is CCCC(C)NC(=O)c1sc2cccc(F)c2c1N. The molecule has 0 aliphatic carbocycles. The topological polar surface area (TPSA) is 55.1 Å². The van der Waals surface area contributed by atoms with Crippen LogP contribution in [0.4, 0.5) is 10.1 Å². The number of hydrogen-bond donors (Lipinski definition) is 2. The van der Waals surface area contributed by atoms with Crippen molar-refractivity contribution in [3.8, 4) is 0 Å². The summed E-state index contributed by atoms with van der Waals surface area (Å²) in [6, 6.07) is 4.83. The van der Waals surface area contributed by atoms with Crippen LogP contribution in [0.2, 0.25) is 0 Å². The molecule has 1 unspecified atom stereocenters. The Morgan fingerprint density at radius 2 is 2.26 bits per heavy atom. The average molecular weight is 280 g/mol. The summed E-state index contributed by atoms with van der Waals surface area (Å²) in [7, 11) is 0. The van der Waals surface area contributed by atoms with Gasteiger partial charge in [-0.15, -0.1) is 11.3 Å². The van der Waals surface area contributed by atoms with Gasteiger partial charge < -0.3 is 11.1 Å². The van der Waals surface area contributed by atoms with Gasteiger partial charge in [0.05, 0.1) is 11.1 Å². The molecule has 5 heteroatoms. The molecule has 1 aromatic heterocycles. The first kappa shape index (κ1) is 13.8. The van der Waals surface area contributed by atoms with Crippen molar-refractivity contribution in [2.24, 2.45) is 0 Å². The third kappa shape index (κ3) is 2.71. The minimum absolute atomic E-state index is 0.0898. The number of fused-ring (bicyclic) bond motifs is 1. The van der Waals surface area contributed by atoms with Crippen LogP contribution in [0.15, 0.2) is 18.2 Å². The lowest BCUT2D eigenvalue weighted by atomic mass is 10.2. The van der Waals surface area contributed by atoms with E-state index in [4.69, 9.17) is 5.73 Å². The summed E-state index contributed by atoms with van der Waals surface area (Å²) < 4.78 is 14.4. The van der Waals surface area contributed by atoms with Crippen LogP contribution < -0.4 is 11.1 Å². The fourth-order valence-electron chi connectivity index (χ4n) is 2.09. The van der Waals surface area contributed by atoms with Crippen LogP contribution in [-0.4, -0.2) is 11.9 Å². The number of nitrogen functional groups attached to an aromatic ring is 1. The summed E-state index contributed by atoms with van der Waals surface area (Å²) in [5, 5.41) is 3.24. The molecule has 0 aliphatic heterocycles. The minimum Gasteiger partial charge on any atom is -0.397 e. The molecule has 1 amide bonds. The van der Waals surface area contributed by atoms with E-state index in [-0.39, 0.29) is 23.5 Å². The Bertz CT molecular complexity index is 609. The summed E-state index contributed by atoms with van der Waals surface area (Å²) in [6.07, 6.45) is 1.91. The van der Waals surface area contributed by atoms with Crippen molar-refractivity contribution in [3.05, 3.63) is 28.9 Å². The van der Waals surface area contributed by atoms with Gasteiger partial charge in [-0.1, -0.05) is 19.4 Å². The first-order valence-corrected chi connectivity index (χ1v) is 7.13. The molecule has 0 bridgehead atoms. The van der Waals surface area contributed by atoms with E-state index in [9.17, 15) is 9.18 Å². The molecule has 1 aromatic carbocycles. The van der Waals surface area contributed by atoms with Crippen molar-refractivity contribution in [1.82, 2.24) is 5.32 Å². The fraction of sp³-hybridized carbons (Fsp3) is 0.357. The number of anilines is 1. The number of carbonyl (C=O) groups is 1. The van der Waals surface area contributed by atoms with Gasteiger partial charge in [0.25, 0.3) is 5.91 Å². The number of benzene rings is 1. The van der Waals surface area contributed by atoms with E-state index in [1.165, 1.54) is 17.4 Å². The highest BCUT2D eigenvalue weighted by Crippen LogP contribution is 2.35. The van der Waals surface area contributed by atoms with Crippen molar-refractivity contribution < 1.29 is 9.18 Å². The van der Waals surface area contributed by atoms with Gasteiger partial charge >= 0.3 is 0 Å². The van der Waals surface area contributed by atoms with E-state index in [2.05, 4.69) is 12.2 Å². The van der Waals surface area contributed by atoms with E-state index in [0.717, 1.165) is 12.8 Å². The maximum absolute atomic E-state index is 13.7. The lowest BCUT2D eigenvalue weighted by molar-refractivity contribution is 0.0943. The van der Waals surface area contributed by atoms with E-state index >= 15 is 0 Å². The van der Waals surface area contributed by atoms with Gasteiger partial charge in [0.15, 0.2) is 0 Å². The molecular formula is C14H17FN2OS. The quantitative estimate of drug-likeness (QED) is 0.900. The highest BCUT2D eigenvalue weighted by atomic mass is 32.1. The Morgan fingerprint density at radius 3 is 2.89 bits per heavy atom. The normalized spacial score (nSPS) is 12.6. The molecule has 0 aliphatic rings. The highest BCUT2D eigenvalue weighted by molar-refractivity contribution is 7.21. The van der Waals surface area contributed by atoms with Crippen molar-refractivity contribution in [2.45, 2.75) is 32.7 Å². The zero-order valence-electron chi connectivity index (χ0n) is 11.0. The monoisotopic (exact) mass is 280 g/mol. The predicted molar refractivity (Wildman–Crippen MR) is 78.0 cm³/mol. The summed E-state index contributed by atoms with van der Waals surface area (Å²) in [6.45, 7) is 4.01. The van der Waals surface area contributed by atoms with Gasteiger partial charge in [0, 0.05) is 10.7 Å². The first-order valence-electron chi connectivity index (χ1n) is 6.32. The maximum atomic E-state index is 13.7. The second-order valence-corrected chi connectivity index (χ2v) is 5.67. The molecule has 1 atom stereocenters. The lowest BCUT2D eigenvalue weighted by Gasteiger charge is -2.11. The molecule has 0 fully saturated rings. The van der Waals surface area contributed by atoms with Crippen LogP contribution in [0.3, 0.4) is 0 Å². The highest BCUT2D eigenvalue weighted by Gasteiger charge is 2.19. The van der Waals surface area contributed by atoms with Crippen LogP contribution >= 0.6 is 11.3 Å². The second-order valence-electron chi connectivity index (χ2n) is 4.62. The van der Waals surface area contributed by atoms with Crippen LogP contribution in [-0.2, 0) is 0 Å². The predicted octanol–water partition coefficient (Wildman–Crippen LogP) is 3.54. The molecule has 2 aromatic rings. The van der Waals surface area contributed by atoms with Crippen LogP contribution in [0, 0.1) is 5.82 Å². The van der Waals surface area contributed by atoms with Gasteiger partial charge in [0.2, 0.25) is 0 Å². The van der Waals surface area contributed by atoms with Gasteiger partial charge in [-0.25, -0.2) is 4.39 Å². The summed E-state index contributed by atoms with van der Waals surface area (Å²) in [4.78, 5) is 12.5. The van der Waals surface area contributed by atoms with Gasteiger partial charge in [0.1, 0.15) is 10.7 Å². The molecular weight excluding hydrogens is 263 g/mol. The van der Waals surface area contributed by atoms with Crippen LogP contribution in [0.25, 0.3) is 10.1 Å². The van der Waals surface area contributed by atoms with E-state index < -0.39 is 0 Å². The number of carbonyl (C=O) groups excluding carboxylic acids is 1. The number of nitrogens with one attached hydrogen (secondary N) is 1. The van der Waals surface area contributed by atoms with Crippen molar-refractivity contribution in [1.29, 1.82) is 0 Å². The molecule has 0 saturated heterocycles. The molecule has 0 saturated carbocycles. The first-order chi connectivity index (χ1) is 9.04. The smallest absolute Gasteiger partial charge is 0.263 e. The Balaban J connectivity index is 2.33. The Labute approximate surface area is 115 Å². The van der Waals surface area contributed by atoms with Gasteiger partial charge in [-0.3, -0.25) is 4.79 Å². The Morgan fingerprint density at radius 1 is 1.53 bits per heavy atom. The third-order valence-electron chi connectivity index (χ3n) is 3.01. The van der Waals surface area contributed by atoms with Crippen molar-refractivity contribution in [3.63, 3.8) is 0 Å². The number of nitrogens with two attached hydrogens (primary N) is 1. The summed E-state index contributed by atoms with van der Waals surface area (Å²) in [5.74, 6) is -0.606. The average Bonchev–Trinajstić information content (AvgIpc) is 2.68. The third-order valence-corrected chi connectivity index (χ3v) is 4.18. The van der Waals surface area contributed by atoms with E-state index in [1.807, 2.05) is 6.92 Å². The van der Waals surface area contributed by atoms with E-state index in [1.54, 1.807) is 12.1 Å². The molecule has 19 heavy (non-hydrogen) atoms. The fourth-order valence-corrected chi connectivity index (χ4v) is 3.13. The maximum Gasteiger partial charge on any atom is 0.263 e. The number of hydrogen-bond acceptors (Lipinski definition) is 3. The number of amides is 1. The largest absolute Gasteiger partial charge is 0.397 e. The van der Waals surface area contributed by atoms with Gasteiger partial charge in [-0.05, 0) is 25.5 Å². The van der Waals surface area contributed by atoms with Gasteiger partial charge in [-0.2, -0.15) is 0 Å². The van der Waals surface area contributed by atoms with Crippen LogP contribution in [0.5, 0.6) is 0 Å². The summed E-state index contributed by atoms with van der Waals surface area (Å²) in [5.41, 5.74) is 6.14. The molecule has 0 radical (unpaired) electrons. The molecule has 102 valence electrons. The zero-order chi connectivity index (χ0) is 14.0. The van der Waals surface area contributed by atoms with Crippen LogP contribution in [0.1, 0.15) is 36.4 Å².